The van der Waals surface area contributed by atoms with E-state index in [4.69, 9.17) is 0 Å². The van der Waals surface area contributed by atoms with Gasteiger partial charge < -0.3 is 9.66 Å². The molecule has 0 aliphatic rings. The van der Waals surface area contributed by atoms with Gasteiger partial charge in [0.05, 0.1) is 16.2 Å². The van der Waals surface area contributed by atoms with Gasteiger partial charge in [0.25, 0.3) is 0 Å². The molecule has 0 aliphatic carbocycles. The average molecular weight is 373 g/mol. The van der Waals surface area contributed by atoms with Gasteiger partial charge in [-0.15, -0.1) is 0 Å². The van der Waals surface area contributed by atoms with Gasteiger partial charge in [0.15, 0.2) is 0 Å². The van der Waals surface area contributed by atoms with Gasteiger partial charge >= 0.3 is 29.6 Å². The zero-order valence-corrected chi connectivity index (χ0v) is 19.0. The molecule has 0 saturated heterocycles. The second kappa shape index (κ2) is 17.3. The maximum atomic E-state index is 10.8. The van der Waals surface area contributed by atoms with Crippen LogP contribution in [-0.4, -0.2) is 29.4 Å². The SMILES string of the molecule is CCCCCCCCCCCCC(O)CCCC(C)S(=O)(=O)[O-].[Na+]. The molecule has 6 heteroatoms. The molecule has 0 bridgehead atoms. The van der Waals surface area contributed by atoms with Crippen molar-refractivity contribution in [2.75, 3.05) is 0 Å². The van der Waals surface area contributed by atoms with Gasteiger partial charge in [-0.1, -0.05) is 71.1 Å². The summed E-state index contributed by atoms with van der Waals surface area (Å²) in [5.41, 5.74) is 0. The predicted octanol–water partition coefficient (Wildman–Crippen LogP) is 1.77. The number of hydrogen-bond donors (Lipinski definition) is 1. The molecule has 24 heavy (non-hydrogen) atoms. The van der Waals surface area contributed by atoms with Gasteiger partial charge in [0.1, 0.15) is 0 Å². The van der Waals surface area contributed by atoms with Gasteiger partial charge in [-0.3, -0.25) is 0 Å². The Bertz CT molecular complexity index is 360. The standard InChI is InChI=1S/C18H38O4S.Na/c1-3-4-5-6-7-8-9-10-11-12-15-18(19)16-13-14-17(2)23(20,21)22;/h17-19H,3-16H2,1-2H3,(H,20,21,22);/q;+1/p-1. The molecule has 2 unspecified atom stereocenters. The van der Waals surface area contributed by atoms with Crippen LogP contribution in [0.25, 0.3) is 0 Å². The number of aliphatic hydroxyl groups excluding tert-OH is 1. The first kappa shape index (κ1) is 27.1. The normalized spacial score (nSPS) is 14.2. The van der Waals surface area contributed by atoms with E-state index in [0.717, 1.165) is 19.3 Å². The van der Waals surface area contributed by atoms with E-state index in [0.29, 0.717) is 19.3 Å². The van der Waals surface area contributed by atoms with Crippen LogP contribution in [0.15, 0.2) is 0 Å². The third-order valence-corrected chi connectivity index (χ3v) is 5.75. The van der Waals surface area contributed by atoms with E-state index in [1.807, 2.05) is 0 Å². The average Bonchev–Trinajstić information content (AvgIpc) is 2.48. The molecule has 0 aliphatic heterocycles. The quantitative estimate of drug-likeness (QED) is 0.254. The molecule has 0 amide bonds. The molecule has 0 spiro atoms. The Kier molecular flexibility index (Phi) is 19.5. The Morgan fingerprint density at radius 1 is 0.792 bits per heavy atom. The van der Waals surface area contributed by atoms with Crippen LogP contribution in [0.2, 0.25) is 0 Å². The van der Waals surface area contributed by atoms with Crippen molar-refractivity contribution in [1.82, 2.24) is 0 Å². The first-order chi connectivity index (χ1) is 10.9. The molecule has 0 aromatic carbocycles. The third-order valence-electron chi connectivity index (χ3n) is 4.53. The molecule has 0 heterocycles. The largest absolute Gasteiger partial charge is 1.00 e. The number of unbranched alkanes of at least 4 members (excludes halogenated alkanes) is 9. The van der Waals surface area contributed by atoms with Crippen LogP contribution in [0.5, 0.6) is 0 Å². The van der Waals surface area contributed by atoms with E-state index in [1.54, 1.807) is 0 Å². The summed E-state index contributed by atoms with van der Waals surface area (Å²) in [4.78, 5) is 0. The van der Waals surface area contributed by atoms with E-state index in [9.17, 15) is 18.1 Å². The van der Waals surface area contributed by atoms with Crippen LogP contribution in [-0.2, 0) is 10.1 Å². The van der Waals surface area contributed by atoms with Crippen LogP contribution in [0.3, 0.4) is 0 Å². The van der Waals surface area contributed by atoms with Gasteiger partial charge in [-0.05, 0) is 32.6 Å². The monoisotopic (exact) mass is 372 g/mol. The molecule has 0 aromatic heterocycles. The summed E-state index contributed by atoms with van der Waals surface area (Å²) in [6, 6.07) is 0. The van der Waals surface area contributed by atoms with Crippen LogP contribution >= 0.6 is 0 Å². The molecule has 4 nitrogen and oxygen atoms in total. The van der Waals surface area contributed by atoms with E-state index in [1.165, 1.54) is 58.3 Å². The van der Waals surface area contributed by atoms with Crippen LogP contribution < -0.4 is 29.6 Å². The minimum atomic E-state index is -4.17. The van der Waals surface area contributed by atoms with Gasteiger partial charge in [-0.2, -0.15) is 0 Å². The van der Waals surface area contributed by atoms with Crippen molar-refractivity contribution in [3.63, 3.8) is 0 Å². The summed E-state index contributed by atoms with van der Waals surface area (Å²) in [5.74, 6) is 0. The third kappa shape index (κ3) is 17.7. The molecular formula is C18H37NaO4S. The van der Waals surface area contributed by atoms with E-state index < -0.39 is 15.4 Å². The molecule has 0 saturated carbocycles. The molecule has 0 aromatic rings. The van der Waals surface area contributed by atoms with E-state index in [2.05, 4.69) is 6.92 Å². The summed E-state index contributed by atoms with van der Waals surface area (Å²) in [6.45, 7) is 3.68. The van der Waals surface area contributed by atoms with Crippen molar-refractivity contribution in [1.29, 1.82) is 0 Å². The summed E-state index contributed by atoms with van der Waals surface area (Å²) in [6.07, 6.45) is 14.8. The number of hydrogen-bond acceptors (Lipinski definition) is 4. The smallest absolute Gasteiger partial charge is 0.748 e. The van der Waals surface area contributed by atoms with Crippen molar-refractivity contribution in [3.05, 3.63) is 0 Å². The van der Waals surface area contributed by atoms with E-state index >= 15 is 0 Å². The number of rotatable bonds is 16. The fourth-order valence-corrected chi connectivity index (χ4v) is 3.25. The zero-order chi connectivity index (χ0) is 17.6. The Labute approximate surface area is 172 Å². The Hall–Kier alpha value is 0.870. The van der Waals surface area contributed by atoms with Crippen molar-refractivity contribution in [2.45, 2.75) is 115 Å². The van der Waals surface area contributed by atoms with Gasteiger partial charge in [0, 0.05) is 5.25 Å². The van der Waals surface area contributed by atoms with Crippen molar-refractivity contribution in [2.24, 2.45) is 0 Å². The molecule has 2 atom stereocenters. The zero-order valence-electron chi connectivity index (χ0n) is 16.1. The molecule has 0 rings (SSSR count). The second-order valence-corrected chi connectivity index (χ2v) is 8.65. The predicted molar refractivity (Wildman–Crippen MR) is 95.5 cm³/mol. The minimum absolute atomic E-state index is 0. The maximum Gasteiger partial charge on any atom is 1.00 e. The van der Waals surface area contributed by atoms with Crippen molar-refractivity contribution >= 4 is 10.1 Å². The number of aliphatic hydroxyl groups is 1. The molecular weight excluding hydrogens is 335 g/mol. The maximum absolute atomic E-state index is 10.8. The van der Waals surface area contributed by atoms with Crippen molar-refractivity contribution in [3.8, 4) is 0 Å². The summed E-state index contributed by atoms with van der Waals surface area (Å²) < 4.78 is 32.3. The summed E-state index contributed by atoms with van der Waals surface area (Å²) in [7, 11) is -4.17. The van der Waals surface area contributed by atoms with Crippen LogP contribution in [0, 0.1) is 0 Å². The van der Waals surface area contributed by atoms with Crippen molar-refractivity contribution < 1.29 is 47.6 Å². The molecule has 0 radical (unpaired) electrons. The Balaban J connectivity index is 0. The Morgan fingerprint density at radius 2 is 1.21 bits per heavy atom. The van der Waals surface area contributed by atoms with Gasteiger partial charge in [0.2, 0.25) is 0 Å². The topological polar surface area (TPSA) is 77.4 Å². The van der Waals surface area contributed by atoms with Crippen LogP contribution in [0.1, 0.15) is 104 Å². The molecule has 0 fully saturated rings. The summed E-state index contributed by atoms with van der Waals surface area (Å²) in [5, 5.41) is 9.02. The fraction of sp³-hybridized carbons (Fsp3) is 1.00. The first-order valence-electron chi connectivity index (χ1n) is 9.50. The molecule has 140 valence electrons. The minimum Gasteiger partial charge on any atom is -0.748 e. The van der Waals surface area contributed by atoms with Gasteiger partial charge in [-0.25, -0.2) is 8.42 Å². The Morgan fingerprint density at radius 3 is 1.67 bits per heavy atom. The second-order valence-electron chi connectivity index (χ2n) is 6.86. The fourth-order valence-electron chi connectivity index (χ4n) is 2.80. The molecule has 1 N–H and O–H groups in total. The summed E-state index contributed by atoms with van der Waals surface area (Å²) >= 11 is 0. The van der Waals surface area contributed by atoms with E-state index in [-0.39, 0.29) is 35.7 Å². The first-order valence-corrected chi connectivity index (χ1v) is 11.0. The van der Waals surface area contributed by atoms with Crippen LogP contribution in [0.4, 0.5) is 0 Å².